The van der Waals surface area contributed by atoms with Crippen molar-refractivity contribution in [2.45, 2.75) is 24.3 Å². The van der Waals surface area contributed by atoms with Gasteiger partial charge < -0.3 is 10.6 Å². The average molecular weight is 304 g/mol. The van der Waals surface area contributed by atoms with Gasteiger partial charge >= 0.3 is 0 Å². The molecule has 0 bridgehead atoms. The summed E-state index contributed by atoms with van der Waals surface area (Å²) in [5.74, 6) is 0.583. The van der Waals surface area contributed by atoms with Crippen molar-refractivity contribution in [1.29, 1.82) is 0 Å². The minimum Gasteiger partial charge on any atom is -0.382 e. The van der Waals surface area contributed by atoms with Gasteiger partial charge in [-0.1, -0.05) is 0 Å². The lowest BCUT2D eigenvalue weighted by molar-refractivity contribution is -0.113. The Labute approximate surface area is 126 Å². The number of thiophene rings is 1. The Hall–Kier alpha value is -1.46. The third-order valence-electron chi connectivity index (χ3n) is 3.15. The molecule has 2 heterocycles. The minimum atomic E-state index is 0.0750. The minimum absolute atomic E-state index is 0.0750. The Morgan fingerprint density at radius 2 is 2.30 bits per heavy atom. The SMILES string of the molecule is C[C@@H](Cc1ccsc1)Nc1ccc2c(c1)NC(=O)CS2. The summed E-state index contributed by atoms with van der Waals surface area (Å²) < 4.78 is 0. The van der Waals surface area contributed by atoms with Gasteiger partial charge in [-0.15, -0.1) is 11.8 Å². The molecule has 0 fully saturated rings. The highest BCUT2D eigenvalue weighted by Gasteiger charge is 2.15. The molecule has 1 atom stereocenters. The van der Waals surface area contributed by atoms with Gasteiger partial charge in [0, 0.05) is 16.6 Å². The summed E-state index contributed by atoms with van der Waals surface area (Å²) in [5, 5.41) is 10.7. The van der Waals surface area contributed by atoms with E-state index in [1.54, 1.807) is 23.1 Å². The molecule has 2 N–H and O–H groups in total. The van der Waals surface area contributed by atoms with Crippen molar-refractivity contribution in [3.8, 4) is 0 Å². The second-order valence-electron chi connectivity index (χ2n) is 4.93. The maximum atomic E-state index is 11.4. The molecule has 0 unspecified atom stereocenters. The van der Waals surface area contributed by atoms with Crippen LogP contribution in [0.4, 0.5) is 11.4 Å². The first-order valence-corrected chi connectivity index (χ1v) is 8.48. The molecule has 3 rings (SSSR count). The van der Waals surface area contributed by atoms with Crippen molar-refractivity contribution >= 4 is 40.4 Å². The standard InChI is InChI=1S/C15H16N2OS2/c1-10(6-11-4-5-19-8-11)16-12-2-3-14-13(7-12)17-15(18)9-20-14/h2-5,7-8,10,16H,6,9H2,1H3,(H,17,18)/t10-/m0/s1. The lowest BCUT2D eigenvalue weighted by Gasteiger charge is -2.19. The topological polar surface area (TPSA) is 41.1 Å². The second-order valence-corrected chi connectivity index (χ2v) is 6.73. The summed E-state index contributed by atoms with van der Waals surface area (Å²) in [6, 6.07) is 8.68. The highest BCUT2D eigenvalue weighted by molar-refractivity contribution is 8.00. The zero-order valence-corrected chi connectivity index (χ0v) is 12.8. The lowest BCUT2D eigenvalue weighted by atomic mass is 10.1. The van der Waals surface area contributed by atoms with Crippen LogP contribution in [0.15, 0.2) is 39.9 Å². The number of carbonyl (C=O) groups is 1. The van der Waals surface area contributed by atoms with Gasteiger partial charge in [-0.2, -0.15) is 11.3 Å². The average Bonchev–Trinajstić information content (AvgIpc) is 2.91. The first kappa shape index (κ1) is 13.5. The molecule has 2 aromatic rings. The Morgan fingerprint density at radius 3 is 3.10 bits per heavy atom. The van der Waals surface area contributed by atoms with Gasteiger partial charge in [0.2, 0.25) is 5.91 Å². The smallest absolute Gasteiger partial charge is 0.234 e. The van der Waals surface area contributed by atoms with Crippen LogP contribution in [0.5, 0.6) is 0 Å². The van der Waals surface area contributed by atoms with Crippen molar-refractivity contribution in [3.05, 3.63) is 40.6 Å². The lowest BCUT2D eigenvalue weighted by Crippen LogP contribution is -2.20. The molecule has 0 saturated heterocycles. The summed E-state index contributed by atoms with van der Waals surface area (Å²) in [4.78, 5) is 12.6. The third kappa shape index (κ3) is 3.16. The van der Waals surface area contributed by atoms with Crippen LogP contribution in [-0.4, -0.2) is 17.7 Å². The van der Waals surface area contributed by atoms with Crippen LogP contribution < -0.4 is 10.6 Å². The first-order chi connectivity index (χ1) is 9.70. The molecule has 1 amide bonds. The summed E-state index contributed by atoms with van der Waals surface area (Å²) >= 11 is 3.32. The fourth-order valence-corrected chi connectivity index (χ4v) is 3.74. The number of rotatable bonds is 4. The maximum Gasteiger partial charge on any atom is 0.234 e. The number of carbonyl (C=O) groups excluding carboxylic acids is 1. The second kappa shape index (κ2) is 5.89. The van der Waals surface area contributed by atoms with Gasteiger partial charge in [0.1, 0.15) is 0 Å². The summed E-state index contributed by atoms with van der Waals surface area (Å²) in [7, 11) is 0. The van der Waals surface area contributed by atoms with Crippen molar-refractivity contribution in [2.24, 2.45) is 0 Å². The number of hydrogen-bond donors (Lipinski definition) is 2. The van der Waals surface area contributed by atoms with Gasteiger partial charge in [-0.05, 0) is 53.9 Å². The largest absolute Gasteiger partial charge is 0.382 e. The monoisotopic (exact) mass is 304 g/mol. The molecule has 1 aliphatic heterocycles. The first-order valence-electron chi connectivity index (χ1n) is 6.55. The molecule has 1 aliphatic rings. The zero-order valence-electron chi connectivity index (χ0n) is 11.2. The predicted octanol–water partition coefficient (Wildman–Crippen LogP) is 3.84. The molecule has 0 saturated carbocycles. The molecular formula is C15H16N2OS2. The molecule has 0 spiro atoms. The van der Waals surface area contributed by atoms with Crippen LogP contribution in [0, 0.1) is 0 Å². The van der Waals surface area contributed by atoms with Crippen LogP contribution in [0.1, 0.15) is 12.5 Å². The van der Waals surface area contributed by atoms with Crippen molar-refractivity contribution in [1.82, 2.24) is 0 Å². The highest BCUT2D eigenvalue weighted by Crippen LogP contribution is 2.33. The Bertz CT molecular complexity index is 610. The number of amides is 1. The third-order valence-corrected chi connectivity index (χ3v) is 4.95. The Balaban J connectivity index is 1.68. The summed E-state index contributed by atoms with van der Waals surface area (Å²) in [6.07, 6.45) is 1.00. The number of hydrogen-bond acceptors (Lipinski definition) is 4. The molecule has 104 valence electrons. The van der Waals surface area contributed by atoms with E-state index in [9.17, 15) is 4.79 Å². The van der Waals surface area contributed by atoms with Crippen LogP contribution >= 0.6 is 23.1 Å². The van der Waals surface area contributed by atoms with Crippen molar-refractivity contribution in [3.63, 3.8) is 0 Å². The summed E-state index contributed by atoms with van der Waals surface area (Å²) in [5.41, 5.74) is 3.32. The molecule has 20 heavy (non-hydrogen) atoms. The van der Waals surface area contributed by atoms with E-state index in [-0.39, 0.29) is 5.91 Å². The van der Waals surface area contributed by atoms with E-state index < -0.39 is 0 Å². The fraction of sp³-hybridized carbons (Fsp3) is 0.267. The number of fused-ring (bicyclic) bond motifs is 1. The van der Waals surface area contributed by atoms with E-state index in [4.69, 9.17) is 0 Å². The number of nitrogens with one attached hydrogen (secondary N) is 2. The maximum absolute atomic E-state index is 11.4. The molecule has 3 nitrogen and oxygen atoms in total. The van der Waals surface area contributed by atoms with Crippen molar-refractivity contribution < 1.29 is 4.79 Å². The Kier molecular flexibility index (Phi) is 3.98. The van der Waals surface area contributed by atoms with Gasteiger partial charge in [0.25, 0.3) is 0 Å². The molecule has 1 aromatic carbocycles. The summed E-state index contributed by atoms with van der Waals surface area (Å²) in [6.45, 7) is 2.17. The molecular weight excluding hydrogens is 288 g/mol. The zero-order chi connectivity index (χ0) is 13.9. The van der Waals surface area contributed by atoms with E-state index in [0.717, 1.165) is 22.7 Å². The van der Waals surface area contributed by atoms with E-state index in [1.807, 2.05) is 6.07 Å². The number of thioether (sulfide) groups is 1. The molecule has 0 aliphatic carbocycles. The van der Waals surface area contributed by atoms with Crippen LogP contribution in [0.3, 0.4) is 0 Å². The number of benzene rings is 1. The van der Waals surface area contributed by atoms with E-state index in [0.29, 0.717) is 11.8 Å². The van der Waals surface area contributed by atoms with Crippen LogP contribution in [0.2, 0.25) is 0 Å². The van der Waals surface area contributed by atoms with E-state index in [1.165, 1.54) is 5.56 Å². The normalized spacial score (nSPS) is 15.3. The van der Waals surface area contributed by atoms with E-state index >= 15 is 0 Å². The van der Waals surface area contributed by atoms with Gasteiger partial charge in [0.05, 0.1) is 11.4 Å². The highest BCUT2D eigenvalue weighted by atomic mass is 32.2. The van der Waals surface area contributed by atoms with Gasteiger partial charge in [0.15, 0.2) is 0 Å². The van der Waals surface area contributed by atoms with E-state index in [2.05, 4.69) is 46.5 Å². The van der Waals surface area contributed by atoms with Gasteiger partial charge in [-0.25, -0.2) is 0 Å². The van der Waals surface area contributed by atoms with Gasteiger partial charge in [-0.3, -0.25) is 4.79 Å². The quantitative estimate of drug-likeness (QED) is 0.902. The molecule has 0 radical (unpaired) electrons. The van der Waals surface area contributed by atoms with Crippen molar-refractivity contribution in [2.75, 3.05) is 16.4 Å². The van der Waals surface area contributed by atoms with Crippen LogP contribution in [-0.2, 0) is 11.2 Å². The van der Waals surface area contributed by atoms with Crippen LogP contribution in [0.25, 0.3) is 0 Å². The fourth-order valence-electron chi connectivity index (χ4n) is 2.27. The molecule has 1 aromatic heterocycles. The Morgan fingerprint density at radius 1 is 1.40 bits per heavy atom. The number of anilines is 2. The predicted molar refractivity (Wildman–Crippen MR) is 86.9 cm³/mol. The molecule has 5 heteroatoms.